The Morgan fingerprint density at radius 1 is 1.19 bits per heavy atom. The number of ether oxygens (including phenoxy) is 1. The molecule has 1 atom stereocenters. The first-order chi connectivity index (χ1) is 17.2. The Hall–Kier alpha value is -2.72. The standard InChI is InChI=1S/C23H28F2N3OP.C6H12/c1-4-18(5-2)27-14-11-20(12-15-27)28(21-16-26-13-10-22(21)29-3)19-8-6-17(7-9-19)23(24,25)30;1-4-6(3)5-2/h4-10,13,16,20H,1,11-12,14-15,30H2,2-3H3;4H,5H2,1-3H3/b18-5+;6-4+. The summed E-state index contributed by atoms with van der Waals surface area (Å²) in [7, 11) is 3.21. The lowest BCUT2D eigenvalue weighted by atomic mass is 10.00. The van der Waals surface area contributed by atoms with E-state index in [0.29, 0.717) is 5.75 Å². The molecule has 4 nitrogen and oxygen atoms in total. The highest BCUT2D eigenvalue weighted by Gasteiger charge is 2.29. The second kappa shape index (κ2) is 14.1. The number of pyridine rings is 1. The van der Waals surface area contributed by atoms with Crippen molar-refractivity contribution in [3.63, 3.8) is 0 Å². The highest BCUT2D eigenvalue weighted by atomic mass is 31.0. The second-order valence-electron chi connectivity index (χ2n) is 8.71. The van der Waals surface area contributed by atoms with Crippen molar-refractivity contribution >= 4 is 20.6 Å². The predicted molar refractivity (Wildman–Crippen MR) is 151 cm³/mol. The van der Waals surface area contributed by atoms with Crippen LogP contribution >= 0.6 is 9.24 Å². The first kappa shape index (κ1) is 29.5. The van der Waals surface area contributed by atoms with Gasteiger partial charge in [-0.25, -0.2) is 0 Å². The molecule has 1 aromatic heterocycles. The normalized spacial score (nSPS) is 15.2. The minimum atomic E-state index is -2.95. The van der Waals surface area contributed by atoms with Crippen molar-refractivity contribution in [2.45, 2.75) is 58.7 Å². The summed E-state index contributed by atoms with van der Waals surface area (Å²) in [6, 6.07) is 8.44. The molecule has 1 aromatic carbocycles. The van der Waals surface area contributed by atoms with Crippen LogP contribution in [0, 0.1) is 0 Å². The zero-order valence-electron chi connectivity index (χ0n) is 22.2. The number of aromatic nitrogens is 1. The fourth-order valence-electron chi connectivity index (χ4n) is 4.13. The molecular weight excluding hydrogens is 475 g/mol. The molecule has 2 aromatic rings. The van der Waals surface area contributed by atoms with Gasteiger partial charge in [0.05, 0.1) is 13.3 Å². The van der Waals surface area contributed by atoms with Crippen molar-refractivity contribution in [1.82, 2.24) is 9.88 Å². The van der Waals surface area contributed by atoms with Gasteiger partial charge in [-0.3, -0.25) is 4.98 Å². The largest absolute Gasteiger partial charge is 0.494 e. The second-order valence-corrected chi connectivity index (χ2v) is 9.44. The lowest BCUT2D eigenvalue weighted by Crippen LogP contribution is -2.42. The van der Waals surface area contributed by atoms with E-state index in [4.69, 9.17) is 4.74 Å². The van der Waals surface area contributed by atoms with Crippen LogP contribution in [-0.4, -0.2) is 36.1 Å². The maximum Gasteiger partial charge on any atom is 0.283 e. The van der Waals surface area contributed by atoms with Gasteiger partial charge >= 0.3 is 0 Å². The van der Waals surface area contributed by atoms with E-state index >= 15 is 0 Å². The Balaban J connectivity index is 0.000000678. The lowest BCUT2D eigenvalue weighted by molar-refractivity contribution is 0.104. The zero-order chi connectivity index (χ0) is 26.7. The van der Waals surface area contributed by atoms with E-state index in [9.17, 15) is 8.78 Å². The van der Waals surface area contributed by atoms with E-state index in [2.05, 4.69) is 54.3 Å². The van der Waals surface area contributed by atoms with Crippen molar-refractivity contribution in [3.8, 4) is 5.75 Å². The molecule has 2 heterocycles. The van der Waals surface area contributed by atoms with E-state index < -0.39 is 5.66 Å². The molecular formula is C29H40F2N3OP. The highest BCUT2D eigenvalue weighted by molar-refractivity contribution is 7.17. The van der Waals surface area contributed by atoms with Gasteiger partial charge in [0, 0.05) is 48.3 Å². The lowest BCUT2D eigenvalue weighted by Gasteiger charge is -2.41. The Bertz CT molecular complexity index is 1020. The smallest absolute Gasteiger partial charge is 0.283 e. The van der Waals surface area contributed by atoms with Crippen LogP contribution in [0.3, 0.4) is 0 Å². The average Bonchev–Trinajstić information content (AvgIpc) is 2.90. The van der Waals surface area contributed by atoms with E-state index in [-0.39, 0.29) is 11.6 Å². The van der Waals surface area contributed by atoms with Gasteiger partial charge in [0.15, 0.2) is 0 Å². The van der Waals surface area contributed by atoms with Gasteiger partial charge in [0.2, 0.25) is 0 Å². The molecule has 0 radical (unpaired) electrons. The molecule has 7 heteroatoms. The fourth-order valence-corrected chi connectivity index (χ4v) is 4.33. The summed E-state index contributed by atoms with van der Waals surface area (Å²) in [5, 5.41) is 0. The maximum atomic E-state index is 13.7. The Morgan fingerprint density at radius 2 is 1.83 bits per heavy atom. The minimum Gasteiger partial charge on any atom is -0.494 e. The number of nitrogens with zero attached hydrogens (tertiary/aromatic N) is 3. The van der Waals surface area contributed by atoms with Gasteiger partial charge in [-0.05, 0) is 58.2 Å². The third-order valence-corrected chi connectivity index (χ3v) is 6.85. The van der Waals surface area contributed by atoms with Crippen molar-refractivity contribution in [3.05, 3.63) is 84.4 Å². The van der Waals surface area contributed by atoms with E-state index in [1.165, 1.54) is 24.1 Å². The molecule has 0 amide bonds. The SMILES string of the molecule is C/C=C(\C)CC.C=C/C(=C\C)N1CCC(N(c2ccc(C(F)(F)P)cc2)c2cnccc2OC)CC1. The molecule has 1 aliphatic rings. The number of hydrogen-bond acceptors (Lipinski definition) is 4. The van der Waals surface area contributed by atoms with E-state index in [0.717, 1.165) is 43.0 Å². The molecule has 0 bridgehead atoms. The number of piperidine rings is 1. The molecule has 196 valence electrons. The van der Waals surface area contributed by atoms with Crippen LogP contribution < -0.4 is 9.64 Å². The number of halogens is 2. The van der Waals surface area contributed by atoms with Crippen molar-refractivity contribution in [2.24, 2.45) is 0 Å². The number of allylic oxidation sites excluding steroid dienone is 4. The van der Waals surface area contributed by atoms with Crippen molar-refractivity contribution in [1.29, 1.82) is 0 Å². The molecule has 3 rings (SSSR count). The topological polar surface area (TPSA) is 28.6 Å². The van der Waals surface area contributed by atoms with Crippen LogP contribution in [0.2, 0.25) is 0 Å². The van der Waals surface area contributed by atoms with Gasteiger partial charge in [-0.2, -0.15) is 8.78 Å². The third-order valence-electron chi connectivity index (χ3n) is 6.52. The zero-order valence-corrected chi connectivity index (χ0v) is 23.3. The number of methoxy groups -OCH3 is 1. The van der Waals surface area contributed by atoms with Crippen molar-refractivity contribution < 1.29 is 13.5 Å². The summed E-state index contributed by atoms with van der Waals surface area (Å²) in [5.74, 6) is 0.702. The summed E-state index contributed by atoms with van der Waals surface area (Å²) in [6.45, 7) is 14.1. The molecule has 0 N–H and O–H groups in total. The summed E-state index contributed by atoms with van der Waals surface area (Å²) in [6.07, 6.45) is 12.5. The third kappa shape index (κ3) is 7.89. The summed E-state index contributed by atoms with van der Waals surface area (Å²) in [5.41, 5.74) is 1.29. The summed E-state index contributed by atoms with van der Waals surface area (Å²) >= 11 is 0. The Morgan fingerprint density at radius 3 is 2.28 bits per heavy atom. The summed E-state index contributed by atoms with van der Waals surface area (Å²) in [4.78, 5) is 8.77. The molecule has 0 saturated carbocycles. The van der Waals surface area contributed by atoms with Gasteiger partial charge in [-0.1, -0.05) is 52.6 Å². The number of rotatable bonds is 8. The Kier molecular flexibility index (Phi) is 11.6. The quantitative estimate of drug-likeness (QED) is 0.202. The van der Waals surface area contributed by atoms with Gasteiger partial charge in [0.1, 0.15) is 11.4 Å². The van der Waals surface area contributed by atoms with Crippen LogP contribution in [-0.2, 0) is 5.66 Å². The first-order valence-electron chi connectivity index (χ1n) is 12.4. The van der Waals surface area contributed by atoms with Crippen LogP contribution in [0.4, 0.5) is 20.2 Å². The monoisotopic (exact) mass is 515 g/mol. The van der Waals surface area contributed by atoms with Crippen LogP contribution in [0.1, 0.15) is 52.5 Å². The molecule has 1 unspecified atom stereocenters. The van der Waals surface area contributed by atoms with Crippen LogP contribution in [0.25, 0.3) is 0 Å². The van der Waals surface area contributed by atoms with Gasteiger partial charge in [-0.15, -0.1) is 0 Å². The van der Waals surface area contributed by atoms with Crippen LogP contribution in [0.5, 0.6) is 5.75 Å². The minimum absolute atomic E-state index is 0.0344. The number of alkyl halides is 2. The number of anilines is 2. The number of hydrogen-bond donors (Lipinski definition) is 0. The molecule has 36 heavy (non-hydrogen) atoms. The molecule has 1 saturated heterocycles. The molecule has 1 fully saturated rings. The van der Waals surface area contributed by atoms with E-state index in [1.807, 2.05) is 19.1 Å². The number of likely N-dealkylation sites (tertiary alicyclic amines) is 1. The van der Waals surface area contributed by atoms with Crippen molar-refractivity contribution in [2.75, 3.05) is 25.1 Å². The Labute approximate surface area is 218 Å². The van der Waals surface area contributed by atoms with Gasteiger partial charge < -0.3 is 14.5 Å². The average molecular weight is 516 g/mol. The van der Waals surface area contributed by atoms with Gasteiger partial charge in [0.25, 0.3) is 5.66 Å². The predicted octanol–water partition coefficient (Wildman–Crippen LogP) is 8.07. The number of benzene rings is 1. The van der Waals surface area contributed by atoms with E-state index in [1.54, 1.807) is 40.9 Å². The highest BCUT2D eigenvalue weighted by Crippen LogP contribution is 2.40. The molecule has 0 aliphatic carbocycles. The summed E-state index contributed by atoms with van der Waals surface area (Å²) < 4.78 is 32.9. The first-order valence-corrected chi connectivity index (χ1v) is 13.0. The molecule has 0 spiro atoms. The fraction of sp³-hybridized carbons (Fsp3) is 0.414. The van der Waals surface area contributed by atoms with Crippen LogP contribution in [0.15, 0.2) is 78.8 Å². The molecule has 1 aliphatic heterocycles. The maximum absolute atomic E-state index is 13.7.